The van der Waals surface area contributed by atoms with Crippen LogP contribution in [0.1, 0.15) is 67.8 Å². The average molecular weight is 533 g/mol. The molecule has 0 aliphatic carbocycles. The summed E-state index contributed by atoms with van der Waals surface area (Å²) in [5.41, 5.74) is 0.170. The number of nitrogens with two attached hydrogens (primary N) is 1. The molecule has 0 aromatic heterocycles. The van der Waals surface area contributed by atoms with Crippen LogP contribution in [0.25, 0.3) is 0 Å². The van der Waals surface area contributed by atoms with Crippen LogP contribution in [0.4, 0.5) is 18.9 Å². The normalized spacial score (nSPS) is 11.6. The highest BCUT2D eigenvalue weighted by Gasteiger charge is 2.31. The second-order valence-electron chi connectivity index (χ2n) is 8.17. The number of carbonyl (C=O) groups is 1. The van der Waals surface area contributed by atoms with Gasteiger partial charge in [-0.15, -0.1) is 11.8 Å². The minimum atomic E-state index is -4.73. The van der Waals surface area contributed by atoms with Gasteiger partial charge in [-0.25, -0.2) is 31.5 Å². The molecule has 2 aromatic carbocycles. The van der Waals surface area contributed by atoms with E-state index in [2.05, 4.69) is 12.2 Å². The zero-order valence-electron chi connectivity index (χ0n) is 19.6. The number of carboxylic acids is 1. The Balaban J connectivity index is 2.13. The summed E-state index contributed by atoms with van der Waals surface area (Å²) in [5.74, 6) is -5.46. The zero-order chi connectivity index (χ0) is 26.0. The van der Waals surface area contributed by atoms with E-state index >= 15 is 4.39 Å². The lowest BCUT2D eigenvalue weighted by Gasteiger charge is -2.16. The Bertz CT molecular complexity index is 1110. The van der Waals surface area contributed by atoms with Crippen molar-refractivity contribution in [1.29, 1.82) is 0 Å². The van der Waals surface area contributed by atoms with Gasteiger partial charge in [0, 0.05) is 12.3 Å². The van der Waals surface area contributed by atoms with Crippen molar-refractivity contribution in [2.45, 2.75) is 68.1 Å². The number of unbranched alkanes of at least 4 members (excludes halogenated alkanes) is 6. The Morgan fingerprint density at radius 1 is 0.971 bits per heavy atom. The first-order chi connectivity index (χ1) is 16.6. The Morgan fingerprint density at radius 3 is 2.14 bits per heavy atom. The number of thioether (sulfide) groups is 1. The molecule has 0 saturated heterocycles. The van der Waals surface area contributed by atoms with E-state index in [1.165, 1.54) is 12.1 Å². The lowest BCUT2D eigenvalue weighted by atomic mass is 10.1. The minimum Gasteiger partial charge on any atom is -0.478 e. The van der Waals surface area contributed by atoms with Crippen LogP contribution >= 0.6 is 11.8 Å². The van der Waals surface area contributed by atoms with E-state index < -0.39 is 48.9 Å². The number of hydrogen-bond acceptors (Lipinski definition) is 5. The molecule has 0 aliphatic rings. The number of primary sulfonamides is 1. The van der Waals surface area contributed by atoms with Gasteiger partial charge in [0.05, 0.1) is 16.1 Å². The van der Waals surface area contributed by atoms with E-state index in [9.17, 15) is 22.0 Å². The quantitative estimate of drug-likeness (QED) is 0.149. The summed E-state index contributed by atoms with van der Waals surface area (Å²) in [6, 6.07) is 5.99. The highest BCUT2D eigenvalue weighted by Crippen LogP contribution is 2.37. The maximum Gasteiger partial charge on any atom is 0.335 e. The molecule has 0 radical (unpaired) electrons. The number of anilines is 1. The van der Waals surface area contributed by atoms with Crippen molar-refractivity contribution in [2.75, 3.05) is 17.6 Å². The number of hydrogen-bond donors (Lipinski definition) is 3. The number of carboxylic acid groups (broad SMARTS) is 1. The number of sulfonamides is 1. The predicted molar refractivity (Wildman–Crippen MR) is 132 cm³/mol. The van der Waals surface area contributed by atoms with Gasteiger partial charge in [-0.1, -0.05) is 57.6 Å². The van der Waals surface area contributed by atoms with Crippen molar-refractivity contribution in [3.05, 3.63) is 52.8 Å². The third kappa shape index (κ3) is 8.43. The SMILES string of the molecule is CCCCCCCCCNc1c(F)c(SCCc2ccc(C(=O)O)cc2)c(F)c(F)c1S(N)(=O)=O. The van der Waals surface area contributed by atoms with Crippen LogP contribution in [0.5, 0.6) is 0 Å². The number of halogens is 3. The molecule has 0 heterocycles. The Hall–Kier alpha value is -2.24. The second-order valence-corrected chi connectivity index (χ2v) is 10.8. The van der Waals surface area contributed by atoms with Crippen molar-refractivity contribution < 1.29 is 31.5 Å². The fraction of sp³-hybridized carbons (Fsp3) is 0.458. The molecule has 0 amide bonds. The Morgan fingerprint density at radius 2 is 1.57 bits per heavy atom. The standard InChI is InChI=1S/C24H31F3N2O4S2/c1-2-3-4-5-6-7-8-14-29-21-20(27)22(18(25)19(26)23(21)35(28,32)33)34-15-13-16-9-11-17(12-10-16)24(30)31/h9-12,29H,2-8,13-15H2,1H3,(H,30,31)(H2,28,32,33). The topological polar surface area (TPSA) is 109 Å². The van der Waals surface area contributed by atoms with E-state index in [0.29, 0.717) is 24.6 Å². The van der Waals surface area contributed by atoms with E-state index in [1.807, 2.05) is 0 Å². The Kier molecular flexibility index (Phi) is 11.4. The highest BCUT2D eigenvalue weighted by atomic mass is 32.2. The van der Waals surface area contributed by atoms with Gasteiger partial charge in [0.1, 0.15) is 4.90 Å². The van der Waals surface area contributed by atoms with Crippen molar-refractivity contribution in [3.63, 3.8) is 0 Å². The van der Waals surface area contributed by atoms with Crippen LogP contribution in [0.3, 0.4) is 0 Å². The Labute approximate surface area is 208 Å². The van der Waals surface area contributed by atoms with Gasteiger partial charge in [0.2, 0.25) is 10.0 Å². The van der Waals surface area contributed by atoms with Crippen molar-refractivity contribution in [2.24, 2.45) is 5.14 Å². The molecule has 2 rings (SSSR count). The monoisotopic (exact) mass is 532 g/mol. The fourth-order valence-corrected chi connectivity index (χ4v) is 5.32. The van der Waals surface area contributed by atoms with Gasteiger partial charge < -0.3 is 10.4 Å². The molecule has 35 heavy (non-hydrogen) atoms. The average Bonchev–Trinajstić information content (AvgIpc) is 2.80. The maximum atomic E-state index is 15.2. The molecule has 6 nitrogen and oxygen atoms in total. The summed E-state index contributed by atoms with van der Waals surface area (Å²) in [4.78, 5) is 9.07. The molecular weight excluding hydrogens is 501 g/mol. The first-order valence-electron chi connectivity index (χ1n) is 11.5. The van der Waals surface area contributed by atoms with Crippen LogP contribution in [0, 0.1) is 17.5 Å². The molecular formula is C24H31F3N2O4S2. The molecule has 0 bridgehead atoms. The number of nitrogens with one attached hydrogen (secondary N) is 1. The first kappa shape index (κ1) is 29.0. The van der Waals surface area contributed by atoms with Gasteiger partial charge in [0.15, 0.2) is 17.5 Å². The van der Waals surface area contributed by atoms with Crippen molar-refractivity contribution >= 4 is 33.4 Å². The maximum absolute atomic E-state index is 15.2. The number of aryl methyl sites for hydroxylation is 1. The smallest absolute Gasteiger partial charge is 0.335 e. The summed E-state index contributed by atoms with van der Waals surface area (Å²) in [6.07, 6.45) is 7.20. The molecule has 2 aromatic rings. The summed E-state index contributed by atoms with van der Waals surface area (Å²) in [7, 11) is -4.73. The number of rotatable bonds is 15. The van der Waals surface area contributed by atoms with Gasteiger partial charge in [-0.2, -0.15) is 0 Å². The van der Waals surface area contributed by atoms with E-state index in [1.54, 1.807) is 12.1 Å². The van der Waals surface area contributed by atoms with Crippen LogP contribution in [0.15, 0.2) is 34.1 Å². The molecule has 194 valence electrons. The van der Waals surface area contributed by atoms with Crippen molar-refractivity contribution in [3.8, 4) is 0 Å². The first-order valence-corrected chi connectivity index (χ1v) is 14.0. The summed E-state index contributed by atoms with van der Waals surface area (Å²) in [6.45, 7) is 2.30. The lowest BCUT2D eigenvalue weighted by Crippen LogP contribution is -2.20. The molecule has 11 heteroatoms. The third-order valence-corrected chi connectivity index (χ3v) is 7.45. The summed E-state index contributed by atoms with van der Waals surface area (Å²) < 4.78 is 68.4. The van der Waals surface area contributed by atoms with Crippen molar-refractivity contribution in [1.82, 2.24) is 0 Å². The molecule has 0 spiro atoms. The number of benzene rings is 2. The van der Waals surface area contributed by atoms with E-state index in [4.69, 9.17) is 10.2 Å². The van der Waals surface area contributed by atoms with E-state index in [0.717, 1.165) is 44.1 Å². The largest absolute Gasteiger partial charge is 0.478 e. The summed E-state index contributed by atoms with van der Waals surface area (Å²) >= 11 is 0.700. The lowest BCUT2D eigenvalue weighted by molar-refractivity contribution is 0.0697. The molecule has 0 aliphatic heterocycles. The summed E-state index contributed by atoms with van der Waals surface area (Å²) in [5, 5.41) is 16.6. The van der Waals surface area contributed by atoms with Gasteiger partial charge in [0.25, 0.3) is 0 Å². The minimum absolute atomic E-state index is 0.107. The van der Waals surface area contributed by atoms with Crippen LogP contribution in [-0.4, -0.2) is 31.8 Å². The predicted octanol–water partition coefficient (Wildman–Crippen LogP) is 5.95. The van der Waals surface area contributed by atoms with E-state index in [-0.39, 0.29) is 17.9 Å². The van der Waals surface area contributed by atoms with Gasteiger partial charge in [-0.05, 0) is 30.5 Å². The zero-order valence-corrected chi connectivity index (χ0v) is 21.2. The second kappa shape index (κ2) is 13.7. The molecule has 4 N–H and O–H groups in total. The van der Waals surface area contributed by atoms with Gasteiger partial charge >= 0.3 is 5.97 Å². The molecule has 0 unspecified atom stereocenters. The highest BCUT2D eigenvalue weighted by molar-refractivity contribution is 7.99. The van der Waals surface area contributed by atoms with Gasteiger partial charge in [-0.3, -0.25) is 0 Å². The van der Waals surface area contributed by atoms with Crippen LogP contribution in [0.2, 0.25) is 0 Å². The van der Waals surface area contributed by atoms with Crippen LogP contribution in [-0.2, 0) is 16.4 Å². The fourth-order valence-electron chi connectivity index (χ4n) is 3.55. The molecule has 0 saturated carbocycles. The third-order valence-electron chi connectivity index (χ3n) is 5.44. The molecule has 0 fully saturated rings. The number of aromatic carboxylic acids is 1. The molecule has 0 atom stereocenters. The van der Waals surface area contributed by atoms with Crippen LogP contribution < -0.4 is 10.5 Å².